The zero-order chi connectivity index (χ0) is 9.68. The molecule has 0 saturated heterocycles. The predicted octanol–water partition coefficient (Wildman–Crippen LogP) is 0.968. The molecule has 13 heavy (non-hydrogen) atoms. The van der Waals surface area contributed by atoms with E-state index < -0.39 is 0 Å². The molecule has 70 valence electrons. The van der Waals surface area contributed by atoms with Crippen LogP contribution in [0.1, 0.15) is 19.3 Å². The zero-order valence-corrected chi connectivity index (χ0v) is 7.67. The second-order valence-corrected chi connectivity index (χ2v) is 2.89. The molecule has 1 aliphatic carbocycles. The molecule has 3 heteroatoms. The molecule has 1 amide bonds. The van der Waals surface area contributed by atoms with Crippen molar-refractivity contribution in [3.8, 4) is 0 Å². The molecule has 0 radical (unpaired) electrons. The Morgan fingerprint density at radius 3 is 2.92 bits per heavy atom. The monoisotopic (exact) mass is 179 g/mol. The van der Waals surface area contributed by atoms with E-state index in [1.807, 2.05) is 6.08 Å². The van der Waals surface area contributed by atoms with Crippen LogP contribution in [-0.2, 0) is 9.59 Å². The van der Waals surface area contributed by atoms with E-state index in [0.29, 0.717) is 0 Å². The Kier molecular flexibility index (Phi) is 3.43. The summed E-state index contributed by atoms with van der Waals surface area (Å²) < 4.78 is 0. The second-order valence-electron chi connectivity index (χ2n) is 2.89. The molecular formula is C10H13NO2. The number of hydrogen-bond donors (Lipinski definition) is 1. The van der Waals surface area contributed by atoms with Gasteiger partial charge in [0.05, 0.1) is 5.57 Å². The van der Waals surface area contributed by atoms with Crippen molar-refractivity contribution in [2.75, 3.05) is 7.05 Å². The lowest BCUT2D eigenvalue weighted by molar-refractivity contribution is -0.120. The first-order valence-corrected chi connectivity index (χ1v) is 4.39. The highest BCUT2D eigenvalue weighted by atomic mass is 16.2. The summed E-state index contributed by atoms with van der Waals surface area (Å²) in [5.74, 6) is -0.490. The average molecular weight is 179 g/mol. The largest absolute Gasteiger partial charge is 0.355 e. The molecule has 1 aliphatic rings. The van der Waals surface area contributed by atoms with Crippen molar-refractivity contribution in [3.05, 3.63) is 23.8 Å². The van der Waals surface area contributed by atoms with Gasteiger partial charge < -0.3 is 5.32 Å². The third-order valence-electron chi connectivity index (χ3n) is 1.93. The SMILES string of the molecule is CNC(=O)C1=CCCC/C=C\C1=O. The lowest BCUT2D eigenvalue weighted by atomic mass is 10.0. The van der Waals surface area contributed by atoms with E-state index in [2.05, 4.69) is 5.32 Å². The molecule has 0 aromatic carbocycles. The van der Waals surface area contributed by atoms with Crippen LogP contribution in [-0.4, -0.2) is 18.7 Å². The van der Waals surface area contributed by atoms with Gasteiger partial charge in [-0.1, -0.05) is 12.2 Å². The van der Waals surface area contributed by atoms with Crippen molar-refractivity contribution >= 4 is 11.7 Å². The number of rotatable bonds is 1. The van der Waals surface area contributed by atoms with Crippen molar-refractivity contribution in [1.29, 1.82) is 0 Å². The number of hydrogen-bond acceptors (Lipinski definition) is 2. The number of allylic oxidation sites excluding steroid dienone is 3. The van der Waals surface area contributed by atoms with Crippen molar-refractivity contribution in [1.82, 2.24) is 5.32 Å². The third-order valence-corrected chi connectivity index (χ3v) is 1.93. The van der Waals surface area contributed by atoms with Crippen LogP contribution in [0, 0.1) is 0 Å². The Morgan fingerprint density at radius 1 is 1.46 bits per heavy atom. The van der Waals surface area contributed by atoms with E-state index in [0.717, 1.165) is 19.3 Å². The van der Waals surface area contributed by atoms with E-state index in [1.165, 1.54) is 13.1 Å². The summed E-state index contributed by atoms with van der Waals surface area (Å²) in [5, 5.41) is 2.45. The molecule has 1 N–H and O–H groups in total. The molecule has 0 saturated carbocycles. The van der Waals surface area contributed by atoms with Crippen LogP contribution >= 0.6 is 0 Å². The van der Waals surface area contributed by atoms with Gasteiger partial charge in [-0.05, 0) is 25.3 Å². The van der Waals surface area contributed by atoms with Gasteiger partial charge in [-0.15, -0.1) is 0 Å². The first-order valence-electron chi connectivity index (χ1n) is 4.39. The fraction of sp³-hybridized carbons (Fsp3) is 0.400. The number of amides is 1. The second kappa shape index (κ2) is 4.60. The molecule has 3 nitrogen and oxygen atoms in total. The number of likely N-dealkylation sites (N-methyl/N-ethyl adjacent to an activating group) is 1. The summed E-state index contributed by atoms with van der Waals surface area (Å²) in [6, 6.07) is 0. The third kappa shape index (κ3) is 2.54. The standard InChI is InChI=1S/C10H13NO2/c1-11-10(13)8-6-4-2-3-5-7-9(8)12/h5-7H,2-4H2,1H3,(H,11,13)/b7-5-,8-6?. The van der Waals surface area contributed by atoms with Gasteiger partial charge in [0.15, 0.2) is 5.78 Å². The van der Waals surface area contributed by atoms with Crippen LogP contribution in [0.25, 0.3) is 0 Å². The van der Waals surface area contributed by atoms with Crippen molar-refractivity contribution in [3.63, 3.8) is 0 Å². The smallest absolute Gasteiger partial charge is 0.254 e. The summed E-state index contributed by atoms with van der Waals surface area (Å²) >= 11 is 0. The lowest BCUT2D eigenvalue weighted by Gasteiger charge is -2.04. The quantitative estimate of drug-likeness (QED) is 0.609. The van der Waals surface area contributed by atoms with E-state index >= 15 is 0 Å². The van der Waals surface area contributed by atoms with E-state index in [-0.39, 0.29) is 17.3 Å². The van der Waals surface area contributed by atoms with Gasteiger partial charge in [0.1, 0.15) is 0 Å². The van der Waals surface area contributed by atoms with Gasteiger partial charge in [-0.25, -0.2) is 0 Å². The number of carbonyl (C=O) groups excluding carboxylic acids is 2. The molecule has 0 atom stereocenters. The Balaban J connectivity index is 2.84. The van der Waals surface area contributed by atoms with Gasteiger partial charge in [0.25, 0.3) is 5.91 Å². The van der Waals surface area contributed by atoms with Gasteiger partial charge in [-0.3, -0.25) is 9.59 Å². The van der Waals surface area contributed by atoms with Gasteiger partial charge in [0.2, 0.25) is 0 Å². The lowest BCUT2D eigenvalue weighted by Crippen LogP contribution is -2.24. The Bertz CT molecular complexity index is 277. The van der Waals surface area contributed by atoms with Gasteiger partial charge in [-0.2, -0.15) is 0 Å². The van der Waals surface area contributed by atoms with E-state index in [9.17, 15) is 9.59 Å². The van der Waals surface area contributed by atoms with E-state index in [4.69, 9.17) is 0 Å². The maximum atomic E-state index is 11.4. The van der Waals surface area contributed by atoms with Gasteiger partial charge >= 0.3 is 0 Å². The molecule has 1 rings (SSSR count). The molecule has 0 aromatic rings. The zero-order valence-electron chi connectivity index (χ0n) is 7.67. The average Bonchev–Trinajstić information content (AvgIpc) is 2.11. The van der Waals surface area contributed by atoms with Crippen LogP contribution in [0.5, 0.6) is 0 Å². The number of ketones is 1. The summed E-state index contributed by atoms with van der Waals surface area (Å²) in [5.41, 5.74) is 0.262. The molecule has 0 fully saturated rings. The summed E-state index contributed by atoms with van der Waals surface area (Å²) in [6.07, 6.45) is 7.69. The summed E-state index contributed by atoms with van der Waals surface area (Å²) in [6.45, 7) is 0. The summed E-state index contributed by atoms with van der Waals surface area (Å²) in [7, 11) is 1.53. The summed E-state index contributed by atoms with van der Waals surface area (Å²) in [4.78, 5) is 22.6. The van der Waals surface area contributed by atoms with Crippen LogP contribution in [0.15, 0.2) is 23.8 Å². The molecular weight excluding hydrogens is 166 g/mol. The predicted molar refractivity (Wildman–Crippen MR) is 50.1 cm³/mol. The van der Waals surface area contributed by atoms with Crippen molar-refractivity contribution in [2.24, 2.45) is 0 Å². The Hall–Kier alpha value is -1.38. The highest BCUT2D eigenvalue weighted by molar-refractivity contribution is 6.23. The molecule has 0 aliphatic heterocycles. The fourth-order valence-corrected chi connectivity index (χ4v) is 1.20. The maximum absolute atomic E-state index is 11.4. The Labute approximate surface area is 77.5 Å². The maximum Gasteiger partial charge on any atom is 0.254 e. The number of carbonyl (C=O) groups is 2. The Morgan fingerprint density at radius 2 is 2.23 bits per heavy atom. The molecule has 0 aromatic heterocycles. The molecule has 0 spiro atoms. The van der Waals surface area contributed by atoms with Gasteiger partial charge in [0, 0.05) is 7.05 Å². The number of nitrogens with one attached hydrogen (secondary N) is 1. The minimum atomic E-state index is -0.295. The highest BCUT2D eigenvalue weighted by Gasteiger charge is 2.14. The van der Waals surface area contributed by atoms with Crippen LogP contribution in [0.3, 0.4) is 0 Å². The molecule has 0 unspecified atom stereocenters. The minimum Gasteiger partial charge on any atom is -0.355 e. The van der Waals surface area contributed by atoms with Crippen LogP contribution in [0.2, 0.25) is 0 Å². The highest BCUT2D eigenvalue weighted by Crippen LogP contribution is 2.08. The minimum absolute atomic E-state index is 0.195. The van der Waals surface area contributed by atoms with Crippen LogP contribution in [0.4, 0.5) is 0 Å². The normalized spacial score (nSPS) is 19.8. The molecule has 0 bridgehead atoms. The van der Waals surface area contributed by atoms with Crippen LogP contribution < -0.4 is 5.32 Å². The van der Waals surface area contributed by atoms with E-state index in [1.54, 1.807) is 6.08 Å². The topological polar surface area (TPSA) is 46.2 Å². The first kappa shape index (κ1) is 9.71. The molecule has 0 heterocycles. The fourth-order valence-electron chi connectivity index (χ4n) is 1.20. The van der Waals surface area contributed by atoms with Crippen molar-refractivity contribution < 1.29 is 9.59 Å². The van der Waals surface area contributed by atoms with Crippen molar-refractivity contribution in [2.45, 2.75) is 19.3 Å². The first-order chi connectivity index (χ1) is 6.25.